The van der Waals surface area contributed by atoms with Crippen molar-refractivity contribution in [1.82, 2.24) is 9.88 Å². The average Bonchev–Trinajstić information content (AvgIpc) is 3.11. The van der Waals surface area contributed by atoms with Crippen molar-refractivity contribution in [3.8, 4) is 16.3 Å². The van der Waals surface area contributed by atoms with Crippen molar-refractivity contribution >= 4 is 17.2 Å². The summed E-state index contributed by atoms with van der Waals surface area (Å²) in [5.41, 5.74) is 0.973. The Morgan fingerprint density at radius 3 is 2.83 bits per heavy atom. The molecule has 1 saturated heterocycles. The Bertz CT molecular complexity index is 697. The van der Waals surface area contributed by atoms with Crippen molar-refractivity contribution in [3.05, 3.63) is 35.3 Å². The molecule has 3 rings (SSSR count). The quantitative estimate of drug-likeness (QED) is 0.924. The summed E-state index contributed by atoms with van der Waals surface area (Å²) in [6.45, 7) is 3.16. The van der Waals surface area contributed by atoms with E-state index in [0.29, 0.717) is 11.4 Å². The Morgan fingerprint density at radius 1 is 1.42 bits per heavy atom. The van der Waals surface area contributed by atoms with E-state index in [1.807, 2.05) is 29.2 Å². The third-order valence-electron chi connectivity index (χ3n) is 4.48. The van der Waals surface area contributed by atoms with Gasteiger partial charge in [0.05, 0.1) is 19.4 Å². The van der Waals surface area contributed by atoms with Gasteiger partial charge in [0.1, 0.15) is 15.6 Å². The topological polar surface area (TPSA) is 62.7 Å². The summed E-state index contributed by atoms with van der Waals surface area (Å²) in [7, 11) is 1.63. The number of hydrogen-bond donors (Lipinski definition) is 1. The monoisotopic (exact) mass is 346 g/mol. The van der Waals surface area contributed by atoms with Crippen LogP contribution in [0.15, 0.2) is 30.5 Å². The van der Waals surface area contributed by atoms with Gasteiger partial charge in [-0.2, -0.15) is 0 Å². The van der Waals surface area contributed by atoms with E-state index in [9.17, 15) is 9.90 Å². The van der Waals surface area contributed by atoms with Gasteiger partial charge < -0.3 is 14.7 Å². The molecular weight excluding hydrogens is 324 g/mol. The summed E-state index contributed by atoms with van der Waals surface area (Å²) in [5.74, 6) is 0.971. The number of nitrogens with zero attached hydrogens (tertiary/aromatic N) is 2. The van der Waals surface area contributed by atoms with Crippen LogP contribution in [0.3, 0.4) is 0 Å². The zero-order valence-corrected chi connectivity index (χ0v) is 14.8. The predicted molar refractivity (Wildman–Crippen MR) is 94.4 cm³/mol. The lowest BCUT2D eigenvalue weighted by Crippen LogP contribution is -2.42. The highest BCUT2D eigenvalue weighted by Crippen LogP contribution is 2.29. The number of piperidine rings is 1. The van der Waals surface area contributed by atoms with E-state index in [2.05, 4.69) is 4.98 Å². The van der Waals surface area contributed by atoms with E-state index >= 15 is 0 Å². The molecule has 1 aromatic carbocycles. The van der Waals surface area contributed by atoms with Crippen molar-refractivity contribution in [2.24, 2.45) is 5.92 Å². The molecule has 2 aromatic rings. The Kier molecular flexibility index (Phi) is 5.16. The number of aliphatic hydroxyl groups excluding tert-OH is 1. The predicted octanol–water partition coefficient (Wildman–Crippen LogP) is 3.05. The van der Waals surface area contributed by atoms with Gasteiger partial charge in [0.25, 0.3) is 5.91 Å². The number of amides is 1. The van der Waals surface area contributed by atoms with Gasteiger partial charge in [-0.15, -0.1) is 11.3 Å². The van der Waals surface area contributed by atoms with Crippen LogP contribution in [0.1, 0.15) is 29.4 Å². The maximum Gasteiger partial charge on any atom is 0.265 e. The number of carbonyl (C=O) groups excluding carboxylic acids is 1. The molecule has 5 nitrogen and oxygen atoms in total. The van der Waals surface area contributed by atoms with E-state index in [0.717, 1.165) is 35.7 Å². The average molecular weight is 346 g/mol. The smallest absolute Gasteiger partial charge is 0.265 e. The number of likely N-dealkylation sites (tertiary alicyclic amines) is 1. The van der Waals surface area contributed by atoms with Gasteiger partial charge in [-0.3, -0.25) is 4.79 Å². The molecule has 2 heterocycles. The lowest BCUT2D eigenvalue weighted by molar-refractivity contribution is 0.0469. The van der Waals surface area contributed by atoms with E-state index in [1.54, 1.807) is 20.2 Å². The molecule has 0 bridgehead atoms. The highest BCUT2D eigenvalue weighted by Gasteiger charge is 2.28. The number of benzene rings is 1. The van der Waals surface area contributed by atoms with Gasteiger partial charge in [0.2, 0.25) is 0 Å². The standard InChI is InChI=1S/C18H22N2O3S/c1-12(21)14-4-3-9-20(11-14)18(22)16-10-19-17(24-16)13-5-7-15(23-2)8-6-13/h5-8,10,12,14,21H,3-4,9,11H2,1-2H3. The number of carbonyl (C=O) groups is 1. The molecule has 1 aliphatic rings. The lowest BCUT2D eigenvalue weighted by Gasteiger charge is -2.33. The fourth-order valence-electron chi connectivity index (χ4n) is 2.98. The maximum absolute atomic E-state index is 12.7. The number of methoxy groups -OCH3 is 1. The third-order valence-corrected chi connectivity index (χ3v) is 5.52. The summed E-state index contributed by atoms with van der Waals surface area (Å²) in [6.07, 6.45) is 3.18. The minimum Gasteiger partial charge on any atom is -0.497 e. The minimum atomic E-state index is -0.378. The Balaban J connectivity index is 1.73. The Hall–Kier alpha value is -1.92. The fourth-order valence-corrected chi connectivity index (χ4v) is 3.87. The Labute approximate surface area is 145 Å². The van der Waals surface area contributed by atoms with Gasteiger partial charge in [0.15, 0.2) is 0 Å². The molecule has 1 amide bonds. The van der Waals surface area contributed by atoms with Gasteiger partial charge in [-0.1, -0.05) is 0 Å². The molecule has 2 atom stereocenters. The molecule has 0 radical (unpaired) electrons. The largest absolute Gasteiger partial charge is 0.497 e. The van der Waals surface area contributed by atoms with Crippen molar-refractivity contribution in [3.63, 3.8) is 0 Å². The first-order valence-electron chi connectivity index (χ1n) is 8.16. The zero-order chi connectivity index (χ0) is 17.1. The molecule has 2 unspecified atom stereocenters. The van der Waals surface area contributed by atoms with Crippen molar-refractivity contribution in [1.29, 1.82) is 0 Å². The number of aromatic nitrogens is 1. The van der Waals surface area contributed by atoms with E-state index in [4.69, 9.17) is 4.74 Å². The normalized spacial score (nSPS) is 19.1. The first kappa shape index (κ1) is 16.9. The summed E-state index contributed by atoms with van der Waals surface area (Å²) in [4.78, 5) is 19.6. The van der Waals surface area contributed by atoms with E-state index < -0.39 is 0 Å². The molecule has 1 aromatic heterocycles. The van der Waals surface area contributed by atoms with Gasteiger partial charge in [0, 0.05) is 24.6 Å². The van der Waals surface area contributed by atoms with Gasteiger partial charge >= 0.3 is 0 Å². The summed E-state index contributed by atoms with van der Waals surface area (Å²) in [6, 6.07) is 7.65. The van der Waals surface area contributed by atoms with Crippen LogP contribution in [0, 0.1) is 5.92 Å². The lowest BCUT2D eigenvalue weighted by atomic mass is 9.93. The second-order valence-corrected chi connectivity index (χ2v) is 7.18. The van der Waals surface area contributed by atoms with Crippen LogP contribution in [-0.4, -0.2) is 47.2 Å². The highest BCUT2D eigenvalue weighted by atomic mass is 32.1. The molecule has 128 valence electrons. The second kappa shape index (κ2) is 7.32. The summed E-state index contributed by atoms with van der Waals surface area (Å²) >= 11 is 1.41. The number of rotatable bonds is 4. The summed E-state index contributed by atoms with van der Waals surface area (Å²) < 4.78 is 5.16. The van der Waals surface area contributed by atoms with Crippen LogP contribution in [0.5, 0.6) is 5.75 Å². The molecule has 0 spiro atoms. The highest BCUT2D eigenvalue weighted by molar-refractivity contribution is 7.16. The van der Waals surface area contributed by atoms with Crippen molar-refractivity contribution in [2.75, 3.05) is 20.2 Å². The molecule has 0 saturated carbocycles. The first-order chi connectivity index (χ1) is 11.6. The van der Waals surface area contributed by atoms with E-state index in [1.165, 1.54) is 11.3 Å². The zero-order valence-electron chi connectivity index (χ0n) is 13.9. The fraction of sp³-hybridized carbons (Fsp3) is 0.444. The third kappa shape index (κ3) is 3.60. The van der Waals surface area contributed by atoms with Crippen molar-refractivity contribution in [2.45, 2.75) is 25.9 Å². The Morgan fingerprint density at radius 2 is 2.17 bits per heavy atom. The molecule has 1 aliphatic heterocycles. The molecule has 1 fully saturated rings. The minimum absolute atomic E-state index is 0.0117. The van der Waals surface area contributed by atoms with Crippen LogP contribution in [0.25, 0.3) is 10.6 Å². The molecule has 6 heteroatoms. The molecule has 0 aliphatic carbocycles. The molecular formula is C18H22N2O3S. The van der Waals surface area contributed by atoms with Gasteiger partial charge in [-0.25, -0.2) is 4.98 Å². The SMILES string of the molecule is COc1ccc(-c2ncc(C(=O)N3CCCC(C(C)O)C3)s2)cc1. The van der Waals surface area contributed by atoms with Crippen LogP contribution in [0.4, 0.5) is 0 Å². The van der Waals surface area contributed by atoms with Gasteiger partial charge in [-0.05, 0) is 44.0 Å². The van der Waals surface area contributed by atoms with Crippen LogP contribution in [-0.2, 0) is 0 Å². The number of hydrogen-bond acceptors (Lipinski definition) is 5. The van der Waals surface area contributed by atoms with Crippen LogP contribution >= 0.6 is 11.3 Å². The van der Waals surface area contributed by atoms with Crippen LogP contribution in [0.2, 0.25) is 0 Å². The second-order valence-electron chi connectivity index (χ2n) is 6.15. The van der Waals surface area contributed by atoms with Crippen LogP contribution < -0.4 is 4.74 Å². The first-order valence-corrected chi connectivity index (χ1v) is 8.97. The maximum atomic E-state index is 12.7. The van der Waals surface area contributed by atoms with Crippen molar-refractivity contribution < 1.29 is 14.6 Å². The summed E-state index contributed by atoms with van der Waals surface area (Å²) in [5, 5.41) is 10.6. The molecule has 1 N–H and O–H groups in total. The number of ether oxygens (including phenoxy) is 1. The number of thiazole rings is 1. The molecule has 24 heavy (non-hydrogen) atoms. The number of aliphatic hydroxyl groups is 1. The van der Waals surface area contributed by atoms with E-state index in [-0.39, 0.29) is 17.9 Å².